The van der Waals surface area contributed by atoms with E-state index in [2.05, 4.69) is 0 Å². The van der Waals surface area contributed by atoms with E-state index in [0.29, 0.717) is 23.7 Å². The summed E-state index contributed by atoms with van der Waals surface area (Å²) >= 11 is 6.13. The molecule has 4 nitrogen and oxygen atoms in total. The van der Waals surface area contributed by atoms with Crippen molar-refractivity contribution in [3.63, 3.8) is 0 Å². The van der Waals surface area contributed by atoms with Gasteiger partial charge in [0.1, 0.15) is 5.75 Å². The lowest BCUT2D eigenvalue weighted by Gasteiger charge is -2.22. The largest absolute Gasteiger partial charge is 0.506 e. The molecule has 0 spiro atoms. The van der Waals surface area contributed by atoms with Gasteiger partial charge < -0.3 is 15.7 Å². The molecule has 2 aromatic carbocycles. The highest BCUT2D eigenvalue weighted by molar-refractivity contribution is 6.31. The number of phenolic OH excluding ortho intramolecular Hbond substituents is 1. The normalized spacial score (nSPS) is 10.4. The Bertz CT molecular complexity index is 658. The van der Waals surface area contributed by atoms with Crippen LogP contribution in [0.25, 0.3) is 0 Å². The maximum atomic E-state index is 12.5. The maximum absolute atomic E-state index is 12.5. The van der Waals surface area contributed by atoms with Crippen LogP contribution in [0.15, 0.2) is 42.5 Å². The Morgan fingerprint density at radius 3 is 2.62 bits per heavy atom. The fourth-order valence-corrected chi connectivity index (χ4v) is 2.21. The predicted molar refractivity (Wildman–Crippen MR) is 84.4 cm³/mol. The first-order valence-electron chi connectivity index (χ1n) is 6.64. The third-order valence-electron chi connectivity index (χ3n) is 3.27. The summed E-state index contributed by atoms with van der Waals surface area (Å²) in [7, 11) is 0. The van der Waals surface area contributed by atoms with Gasteiger partial charge in [0.25, 0.3) is 5.91 Å². The van der Waals surface area contributed by atoms with Gasteiger partial charge in [-0.3, -0.25) is 4.79 Å². The standard InChI is InChI=1S/C16H17ClN2O2/c1-2-19(10-12-5-3-4-6-13(12)17)16(21)11-7-8-14(18)15(20)9-11/h3-9,20H,2,10,18H2,1H3. The second-order valence-electron chi connectivity index (χ2n) is 4.68. The number of nitrogen functional groups attached to an aromatic ring is 1. The van der Waals surface area contributed by atoms with Crippen molar-refractivity contribution in [2.75, 3.05) is 12.3 Å². The van der Waals surface area contributed by atoms with Gasteiger partial charge in [-0.25, -0.2) is 0 Å². The van der Waals surface area contributed by atoms with Crippen molar-refractivity contribution in [1.29, 1.82) is 0 Å². The van der Waals surface area contributed by atoms with Gasteiger partial charge in [0.05, 0.1) is 5.69 Å². The Labute approximate surface area is 128 Å². The summed E-state index contributed by atoms with van der Waals surface area (Å²) in [5, 5.41) is 10.2. The van der Waals surface area contributed by atoms with Crippen molar-refractivity contribution in [1.82, 2.24) is 4.90 Å². The van der Waals surface area contributed by atoms with Gasteiger partial charge in [-0.2, -0.15) is 0 Å². The number of carbonyl (C=O) groups is 1. The number of aromatic hydroxyl groups is 1. The van der Waals surface area contributed by atoms with E-state index >= 15 is 0 Å². The van der Waals surface area contributed by atoms with Crippen LogP contribution in [-0.4, -0.2) is 22.5 Å². The second-order valence-corrected chi connectivity index (χ2v) is 5.09. The summed E-state index contributed by atoms with van der Waals surface area (Å²) in [6.07, 6.45) is 0. The third kappa shape index (κ3) is 3.47. The fraction of sp³-hybridized carbons (Fsp3) is 0.188. The Morgan fingerprint density at radius 1 is 1.29 bits per heavy atom. The molecule has 1 amide bonds. The number of nitrogens with two attached hydrogens (primary N) is 1. The minimum atomic E-state index is -0.173. The number of carbonyl (C=O) groups excluding carboxylic acids is 1. The van der Waals surface area contributed by atoms with E-state index in [4.69, 9.17) is 17.3 Å². The van der Waals surface area contributed by atoms with Gasteiger partial charge in [-0.05, 0) is 36.8 Å². The molecule has 0 saturated carbocycles. The predicted octanol–water partition coefficient (Wildman–Crippen LogP) is 3.29. The van der Waals surface area contributed by atoms with Crippen molar-refractivity contribution in [3.05, 3.63) is 58.6 Å². The average Bonchev–Trinajstić information content (AvgIpc) is 2.48. The molecule has 0 radical (unpaired) electrons. The van der Waals surface area contributed by atoms with Gasteiger partial charge in [-0.1, -0.05) is 29.8 Å². The van der Waals surface area contributed by atoms with Crippen LogP contribution in [-0.2, 0) is 6.54 Å². The Balaban J connectivity index is 2.22. The summed E-state index contributed by atoms with van der Waals surface area (Å²) < 4.78 is 0. The van der Waals surface area contributed by atoms with Crippen LogP contribution in [0.1, 0.15) is 22.8 Å². The van der Waals surface area contributed by atoms with E-state index in [-0.39, 0.29) is 17.3 Å². The Kier molecular flexibility index (Phi) is 4.70. The quantitative estimate of drug-likeness (QED) is 0.673. The average molecular weight is 305 g/mol. The zero-order valence-corrected chi connectivity index (χ0v) is 12.5. The number of halogens is 1. The Hall–Kier alpha value is -2.20. The van der Waals surface area contributed by atoms with Crippen LogP contribution in [0.3, 0.4) is 0 Å². The number of hydrogen-bond donors (Lipinski definition) is 2. The van der Waals surface area contributed by atoms with Crippen LogP contribution >= 0.6 is 11.6 Å². The zero-order valence-electron chi connectivity index (χ0n) is 11.7. The van der Waals surface area contributed by atoms with Crippen molar-refractivity contribution >= 4 is 23.2 Å². The first-order valence-corrected chi connectivity index (χ1v) is 7.02. The number of phenols is 1. The van der Waals surface area contributed by atoms with Gasteiger partial charge in [0, 0.05) is 23.7 Å². The lowest BCUT2D eigenvalue weighted by Crippen LogP contribution is -2.30. The van der Waals surface area contributed by atoms with Crippen LogP contribution in [0, 0.1) is 0 Å². The van der Waals surface area contributed by atoms with E-state index in [1.807, 2.05) is 25.1 Å². The lowest BCUT2D eigenvalue weighted by molar-refractivity contribution is 0.0752. The van der Waals surface area contributed by atoms with E-state index in [9.17, 15) is 9.90 Å². The molecule has 3 N–H and O–H groups in total. The molecule has 0 bridgehead atoms. The van der Waals surface area contributed by atoms with Crippen LogP contribution in [0.4, 0.5) is 5.69 Å². The highest BCUT2D eigenvalue weighted by Gasteiger charge is 2.16. The molecule has 0 atom stereocenters. The van der Waals surface area contributed by atoms with Crippen molar-refractivity contribution < 1.29 is 9.90 Å². The molecular weight excluding hydrogens is 288 g/mol. The molecule has 0 aromatic heterocycles. The summed E-state index contributed by atoms with van der Waals surface area (Å²) in [6, 6.07) is 11.9. The topological polar surface area (TPSA) is 66.6 Å². The highest BCUT2D eigenvalue weighted by atomic mass is 35.5. The highest BCUT2D eigenvalue weighted by Crippen LogP contribution is 2.23. The molecule has 0 heterocycles. The number of benzene rings is 2. The SMILES string of the molecule is CCN(Cc1ccccc1Cl)C(=O)c1ccc(N)c(O)c1. The van der Waals surface area contributed by atoms with Crippen LogP contribution in [0.5, 0.6) is 5.75 Å². The van der Waals surface area contributed by atoms with E-state index in [1.165, 1.54) is 12.1 Å². The first-order chi connectivity index (χ1) is 10.0. The van der Waals surface area contributed by atoms with Gasteiger partial charge in [0.2, 0.25) is 0 Å². The number of amides is 1. The van der Waals surface area contributed by atoms with Crippen molar-refractivity contribution in [2.24, 2.45) is 0 Å². The minimum absolute atomic E-state index is 0.0883. The first kappa shape index (κ1) is 15.2. The molecule has 0 aliphatic carbocycles. The molecule has 2 aromatic rings. The summed E-state index contributed by atoms with van der Waals surface area (Å²) in [6.45, 7) is 2.85. The monoisotopic (exact) mass is 304 g/mol. The van der Waals surface area contributed by atoms with Gasteiger partial charge >= 0.3 is 0 Å². The zero-order chi connectivity index (χ0) is 15.4. The molecule has 2 rings (SSSR count). The minimum Gasteiger partial charge on any atom is -0.506 e. The van der Waals surface area contributed by atoms with E-state index < -0.39 is 0 Å². The molecule has 5 heteroatoms. The van der Waals surface area contributed by atoms with E-state index in [0.717, 1.165) is 5.56 Å². The molecule has 0 unspecified atom stereocenters. The van der Waals surface area contributed by atoms with E-state index in [1.54, 1.807) is 17.0 Å². The Morgan fingerprint density at radius 2 is 2.00 bits per heavy atom. The molecule has 0 fully saturated rings. The number of anilines is 1. The number of nitrogens with zero attached hydrogens (tertiary/aromatic N) is 1. The molecule has 21 heavy (non-hydrogen) atoms. The van der Waals surface area contributed by atoms with Crippen molar-refractivity contribution in [2.45, 2.75) is 13.5 Å². The molecule has 0 saturated heterocycles. The van der Waals surface area contributed by atoms with Gasteiger partial charge in [0.15, 0.2) is 0 Å². The van der Waals surface area contributed by atoms with Crippen LogP contribution < -0.4 is 5.73 Å². The fourth-order valence-electron chi connectivity index (χ4n) is 2.02. The van der Waals surface area contributed by atoms with Gasteiger partial charge in [-0.15, -0.1) is 0 Å². The third-order valence-corrected chi connectivity index (χ3v) is 3.63. The van der Waals surface area contributed by atoms with Crippen molar-refractivity contribution in [3.8, 4) is 5.75 Å². The lowest BCUT2D eigenvalue weighted by atomic mass is 10.1. The summed E-state index contributed by atoms with van der Waals surface area (Å²) in [4.78, 5) is 14.1. The second kappa shape index (κ2) is 6.50. The number of hydrogen-bond acceptors (Lipinski definition) is 3. The smallest absolute Gasteiger partial charge is 0.254 e. The van der Waals surface area contributed by atoms with Crippen LogP contribution in [0.2, 0.25) is 5.02 Å². The molecule has 110 valence electrons. The number of rotatable bonds is 4. The summed E-state index contributed by atoms with van der Waals surface area (Å²) in [5.74, 6) is -0.262. The maximum Gasteiger partial charge on any atom is 0.254 e. The molecular formula is C16H17ClN2O2. The molecule has 0 aliphatic rings. The molecule has 0 aliphatic heterocycles. The summed E-state index contributed by atoms with van der Waals surface area (Å²) in [5.41, 5.74) is 7.08.